The van der Waals surface area contributed by atoms with Crippen molar-refractivity contribution in [2.75, 3.05) is 7.04 Å². The van der Waals surface area contributed by atoms with Crippen LogP contribution in [0.5, 0.6) is 5.75 Å². The highest BCUT2D eigenvalue weighted by atomic mass is 16.5. The average molecular weight is 499 g/mol. The highest BCUT2D eigenvalue weighted by molar-refractivity contribution is 5.92. The summed E-state index contributed by atoms with van der Waals surface area (Å²) in [4.78, 5) is 4.77. The monoisotopic (exact) mass is 498 g/mol. The minimum atomic E-state index is -2.62. The number of fused-ring (bicyclic) bond motifs is 1. The summed E-state index contributed by atoms with van der Waals surface area (Å²) in [6, 6.07) is 38.6. The SMILES string of the molecule is [2H]C([2H])([2H])Oc1cnc2c(-c3cccc(C)c3C)nn(C(c3ccccc3)(c3ccccc3)c3ccccc3)c2c1. The Bertz CT molecular complexity index is 1720. The molecule has 6 rings (SSSR count). The number of hydrogen-bond acceptors (Lipinski definition) is 3. The second kappa shape index (κ2) is 9.64. The van der Waals surface area contributed by atoms with E-state index in [4.69, 9.17) is 18.9 Å². The molecule has 4 aromatic carbocycles. The van der Waals surface area contributed by atoms with E-state index in [1.807, 2.05) is 65.3 Å². The molecule has 0 aliphatic heterocycles. The molecule has 0 saturated heterocycles. The van der Waals surface area contributed by atoms with Crippen LogP contribution in [0.25, 0.3) is 22.3 Å². The normalized spacial score (nSPS) is 13.1. The third-order valence-corrected chi connectivity index (χ3v) is 7.36. The molecule has 0 N–H and O–H groups in total. The fourth-order valence-electron chi connectivity index (χ4n) is 5.39. The number of aromatic nitrogens is 3. The maximum absolute atomic E-state index is 7.71. The summed E-state index contributed by atoms with van der Waals surface area (Å²) in [5, 5.41) is 5.36. The van der Waals surface area contributed by atoms with Crippen LogP contribution in [0.15, 0.2) is 121 Å². The van der Waals surface area contributed by atoms with Gasteiger partial charge in [-0.05, 0) is 41.7 Å². The van der Waals surface area contributed by atoms with E-state index in [0.29, 0.717) is 16.7 Å². The van der Waals surface area contributed by atoms with Crippen molar-refractivity contribution in [3.8, 4) is 17.0 Å². The molecule has 0 atom stereocenters. The lowest BCUT2D eigenvalue weighted by Crippen LogP contribution is -2.38. The van der Waals surface area contributed by atoms with E-state index < -0.39 is 12.6 Å². The molecule has 0 spiro atoms. The van der Waals surface area contributed by atoms with Gasteiger partial charge in [0.15, 0.2) is 0 Å². The van der Waals surface area contributed by atoms with Gasteiger partial charge in [-0.1, -0.05) is 109 Å². The van der Waals surface area contributed by atoms with E-state index in [-0.39, 0.29) is 5.75 Å². The summed E-state index contributed by atoms with van der Waals surface area (Å²) in [5.41, 5.74) is 7.31. The second-order valence-electron chi connectivity index (χ2n) is 9.46. The van der Waals surface area contributed by atoms with E-state index in [2.05, 4.69) is 62.4 Å². The molecule has 0 unspecified atom stereocenters. The van der Waals surface area contributed by atoms with Crippen LogP contribution in [0.4, 0.5) is 0 Å². The largest absolute Gasteiger partial charge is 0.495 e. The van der Waals surface area contributed by atoms with Gasteiger partial charge in [-0.15, -0.1) is 0 Å². The molecule has 0 aliphatic rings. The van der Waals surface area contributed by atoms with Gasteiger partial charge in [0.1, 0.15) is 22.5 Å². The van der Waals surface area contributed by atoms with Crippen LogP contribution in [-0.2, 0) is 5.54 Å². The molecule has 0 radical (unpaired) electrons. The Hall–Kier alpha value is -4.70. The first kappa shape index (κ1) is 20.4. The van der Waals surface area contributed by atoms with Crippen molar-refractivity contribution in [3.63, 3.8) is 0 Å². The number of benzene rings is 4. The minimum absolute atomic E-state index is 0.147. The molecule has 2 aromatic heterocycles. The highest BCUT2D eigenvalue weighted by Gasteiger charge is 2.41. The van der Waals surface area contributed by atoms with E-state index in [1.54, 1.807) is 6.07 Å². The van der Waals surface area contributed by atoms with Gasteiger partial charge in [0.05, 0.1) is 22.9 Å². The average Bonchev–Trinajstić information content (AvgIpc) is 3.34. The van der Waals surface area contributed by atoms with Gasteiger partial charge >= 0.3 is 0 Å². The lowest BCUT2D eigenvalue weighted by Gasteiger charge is -2.37. The Balaban J connectivity index is 1.79. The number of pyridine rings is 1. The third-order valence-electron chi connectivity index (χ3n) is 7.36. The van der Waals surface area contributed by atoms with Crippen molar-refractivity contribution in [2.45, 2.75) is 19.4 Å². The summed E-state index contributed by atoms with van der Waals surface area (Å²) in [7, 11) is -2.62. The Labute approximate surface area is 227 Å². The number of rotatable bonds is 6. The third kappa shape index (κ3) is 3.69. The summed E-state index contributed by atoms with van der Waals surface area (Å²) in [6.07, 6.45) is 1.46. The summed E-state index contributed by atoms with van der Waals surface area (Å²) >= 11 is 0. The molecule has 6 aromatic rings. The molecule has 0 aliphatic carbocycles. The van der Waals surface area contributed by atoms with Gasteiger partial charge in [0.25, 0.3) is 0 Å². The van der Waals surface area contributed by atoms with Gasteiger partial charge < -0.3 is 4.74 Å². The first-order valence-corrected chi connectivity index (χ1v) is 12.6. The smallest absolute Gasteiger partial charge is 0.139 e. The molecule has 0 fully saturated rings. The number of methoxy groups -OCH3 is 1. The van der Waals surface area contributed by atoms with Gasteiger partial charge in [0.2, 0.25) is 0 Å². The van der Waals surface area contributed by atoms with Crippen molar-refractivity contribution in [2.24, 2.45) is 0 Å². The standard InChI is InChI=1S/C34H29N3O/c1-24-14-13-21-30(25(24)2)32-33-31(22-29(38-3)23-35-33)37(36-32)34(26-15-7-4-8-16-26,27-17-9-5-10-18-27)28-19-11-6-12-20-28/h4-23H,1-3H3/i3D3. The number of ether oxygens (including phenoxy) is 1. The van der Waals surface area contributed by atoms with Crippen LogP contribution < -0.4 is 4.74 Å². The molecule has 4 heteroatoms. The molecular weight excluding hydrogens is 466 g/mol. The van der Waals surface area contributed by atoms with E-state index in [1.165, 1.54) is 6.20 Å². The predicted octanol–water partition coefficient (Wildman–Crippen LogP) is 7.56. The Morgan fingerprint density at radius 1 is 0.737 bits per heavy atom. The fraction of sp³-hybridized carbons (Fsp3) is 0.118. The topological polar surface area (TPSA) is 39.9 Å². The molecule has 0 saturated carbocycles. The molecule has 186 valence electrons. The zero-order valence-electron chi connectivity index (χ0n) is 24.3. The molecule has 2 heterocycles. The minimum Gasteiger partial charge on any atom is -0.495 e. The lowest BCUT2D eigenvalue weighted by atomic mass is 9.77. The Morgan fingerprint density at radius 2 is 1.32 bits per heavy atom. The van der Waals surface area contributed by atoms with Crippen LogP contribution in [0.2, 0.25) is 0 Å². The maximum atomic E-state index is 7.71. The highest BCUT2D eigenvalue weighted by Crippen LogP contribution is 2.44. The lowest BCUT2D eigenvalue weighted by molar-refractivity contribution is 0.412. The maximum Gasteiger partial charge on any atom is 0.139 e. The van der Waals surface area contributed by atoms with Crippen molar-refractivity contribution in [1.82, 2.24) is 14.8 Å². The Morgan fingerprint density at radius 3 is 1.87 bits per heavy atom. The number of aryl methyl sites for hydroxylation is 1. The molecule has 38 heavy (non-hydrogen) atoms. The predicted molar refractivity (Wildman–Crippen MR) is 154 cm³/mol. The van der Waals surface area contributed by atoms with Gasteiger partial charge in [-0.2, -0.15) is 5.10 Å². The number of nitrogens with zero attached hydrogens (tertiary/aromatic N) is 3. The zero-order valence-corrected chi connectivity index (χ0v) is 21.3. The molecule has 0 bridgehead atoms. The molecule has 0 amide bonds. The molecular formula is C34H29N3O. The van der Waals surface area contributed by atoms with Gasteiger partial charge in [-0.25, -0.2) is 9.67 Å². The van der Waals surface area contributed by atoms with Crippen molar-refractivity contribution < 1.29 is 8.85 Å². The van der Waals surface area contributed by atoms with Gasteiger partial charge in [0, 0.05) is 11.6 Å². The van der Waals surface area contributed by atoms with Crippen molar-refractivity contribution >= 4 is 11.0 Å². The van der Waals surface area contributed by atoms with Crippen LogP contribution >= 0.6 is 0 Å². The first-order valence-electron chi connectivity index (χ1n) is 14.1. The van der Waals surface area contributed by atoms with E-state index in [0.717, 1.165) is 33.4 Å². The number of hydrogen-bond donors (Lipinski definition) is 0. The molecule has 4 nitrogen and oxygen atoms in total. The van der Waals surface area contributed by atoms with Crippen LogP contribution in [0, 0.1) is 13.8 Å². The van der Waals surface area contributed by atoms with Crippen molar-refractivity contribution in [3.05, 3.63) is 149 Å². The Kier molecular flexibility index (Phi) is 5.17. The summed E-state index contributed by atoms with van der Waals surface area (Å²) in [5.74, 6) is 0.147. The summed E-state index contributed by atoms with van der Waals surface area (Å²) in [6.45, 7) is 4.16. The summed E-state index contributed by atoms with van der Waals surface area (Å²) < 4.78 is 30.5. The quantitative estimate of drug-likeness (QED) is 0.222. The fourth-order valence-corrected chi connectivity index (χ4v) is 5.39. The van der Waals surface area contributed by atoms with Crippen LogP contribution in [0.1, 0.15) is 31.9 Å². The van der Waals surface area contributed by atoms with Crippen LogP contribution in [-0.4, -0.2) is 21.8 Å². The zero-order chi connectivity index (χ0) is 28.6. The van der Waals surface area contributed by atoms with Crippen molar-refractivity contribution in [1.29, 1.82) is 0 Å². The van der Waals surface area contributed by atoms with E-state index in [9.17, 15) is 0 Å². The van der Waals surface area contributed by atoms with Crippen LogP contribution in [0.3, 0.4) is 0 Å². The van der Waals surface area contributed by atoms with E-state index >= 15 is 0 Å². The first-order chi connectivity index (χ1) is 19.8. The second-order valence-corrected chi connectivity index (χ2v) is 9.46. The van der Waals surface area contributed by atoms with Gasteiger partial charge in [-0.3, -0.25) is 0 Å².